The van der Waals surface area contributed by atoms with Crippen LogP contribution in [0.3, 0.4) is 0 Å². The van der Waals surface area contributed by atoms with Gasteiger partial charge in [-0.2, -0.15) is 0 Å². The number of methoxy groups -OCH3 is 1. The molecule has 0 bridgehead atoms. The Hall–Kier alpha value is -2.80. The summed E-state index contributed by atoms with van der Waals surface area (Å²) in [7, 11) is 3.54. The molecule has 1 aliphatic heterocycles. The van der Waals surface area contributed by atoms with E-state index in [1.807, 2.05) is 24.4 Å². The molecule has 2 aromatic rings. The molecule has 7 nitrogen and oxygen atoms in total. The van der Waals surface area contributed by atoms with Crippen molar-refractivity contribution in [1.29, 1.82) is 0 Å². The average Bonchev–Trinajstić information content (AvgIpc) is 3.52. The molecule has 1 aromatic heterocycles. The van der Waals surface area contributed by atoms with Gasteiger partial charge in [-0.1, -0.05) is 24.3 Å². The molecule has 2 fully saturated rings. The largest absolute Gasteiger partial charge is 0.496 e. The molecule has 0 amide bonds. The Labute approximate surface area is 191 Å². The van der Waals surface area contributed by atoms with Gasteiger partial charge in [0.15, 0.2) is 5.96 Å². The van der Waals surface area contributed by atoms with E-state index >= 15 is 0 Å². The zero-order chi connectivity index (χ0) is 22.2. The molecule has 2 heterocycles. The molecule has 7 heteroatoms. The zero-order valence-electron chi connectivity index (χ0n) is 19.2. The van der Waals surface area contributed by atoms with Gasteiger partial charge in [-0.15, -0.1) is 0 Å². The van der Waals surface area contributed by atoms with E-state index in [0.29, 0.717) is 12.4 Å². The molecule has 1 aromatic carbocycles. The lowest BCUT2D eigenvalue weighted by molar-refractivity contribution is 0.239. The van der Waals surface area contributed by atoms with Crippen molar-refractivity contribution in [3.63, 3.8) is 0 Å². The monoisotopic (exact) mass is 437 g/mol. The summed E-state index contributed by atoms with van der Waals surface area (Å²) in [5.74, 6) is 3.14. The molecule has 1 aliphatic carbocycles. The van der Waals surface area contributed by atoms with Crippen LogP contribution in [0.15, 0.2) is 47.6 Å². The molecule has 0 radical (unpaired) electrons. The maximum absolute atomic E-state index is 5.72. The molecule has 1 saturated carbocycles. The van der Waals surface area contributed by atoms with E-state index in [-0.39, 0.29) is 6.04 Å². The van der Waals surface area contributed by atoms with Crippen molar-refractivity contribution < 1.29 is 9.47 Å². The minimum Gasteiger partial charge on any atom is -0.496 e. The Bertz CT molecular complexity index is 876. The van der Waals surface area contributed by atoms with Gasteiger partial charge in [0.2, 0.25) is 5.88 Å². The van der Waals surface area contributed by atoms with Crippen molar-refractivity contribution in [3.05, 3.63) is 53.7 Å². The summed E-state index contributed by atoms with van der Waals surface area (Å²) in [6, 6.07) is 12.5. The summed E-state index contributed by atoms with van der Waals surface area (Å²) < 4.78 is 11.4. The highest BCUT2D eigenvalue weighted by Crippen LogP contribution is 2.31. The highest BCUT2D eigenvalue weighted by molar-refractivity contribution is 5.79. The molecule has 1 atom stereocenters. The van der Waals surface area contributed by atoms with Crippen molar-refractivity contribution in [3.8, 4) is 11.6 Å². The summed E-state index contributed by atoms with van der Waals surface area (Å²) in [4.78, 5) is 11.4. The minimum atomic E-state index is 0.233. The van der Waals surface area contributed by atoms with Gasteiger partial charge >= 0.3 is 0 Å². The highest BCUT2D eigenvalue weighted by Gasteiger charge is 2.26. The normalized spacial score (nSPS) is 17.8. The second-order valence-corrected chi connectivity index (χ2v) is 8.57. The summed E-state index contributed by atoms with van der Waals surface area (Å²) in [6.45, 7) is 4.41. The molecule has 2 aliphatic rings. The van der Waals surface area contributed by atoms with Crippen LogP contribution in [0.1, 0.15) is 42.9 Å². The van der Waals surface area contributed by atoms with E-state index < -0.39 is 0 Å². The number of benzene rings is 1. The topological polar surface area (TPSA) is 71.0 Å². The molecule has 2 N–H and O–H groups in total. The van der Waals surface area contributed by atoms with Gasteiger partial charge < -0.3 is 20.1 Å². The molecule has 4 rings (SSSR count). The van der Waals surface area contributed by atoms with E-state index in [0.717, 1.165) is 49.4 Å². The van der Waals surface area contributed by atoms with Crippen LogP contribution in [-0.4, -0.2) is 56.2 Å². The van der Waals surface area contributed by atoms with Crippen LogP contribution < -0.4 is 20.1 Å². The van der Waals surface area contributed by atoms with Crippen LogP contribution in [0.5, 0.6) is 11.6 Å². The predicted octanol–water partition coefficient (Wildman–Crippen LogP) is 3.38. The predicted molar refractivity (Wildman–Crippen MR) is 127 cm³/mol. The number of aliphatic imine (C=N–C) groups is 1. The van der Waals surface area contributed by atoms with Crippen LogP contribution in [0, 0.1) is 5.92 Å². The molecule has 1 saturated heterocycles. The summed E-state index contributed by atoms with van der Waals surface area (Å²) >= 11 is 0. The van der Waals surface area contributed by atoms with E-state index in [1.54, 1.807) is 14.2 Å². The third-order valence-electron chi connectivity index (χ3n) is 6.19. The van der Waals surface area contributed by atoms with Gasteiger partial charge in [-0.25, -0.2) is 4.98 Å². The summed E-state index contributed by atoms with van der Waals surface area (Å²) in [6.07, 6.45) is 6.91. The fourth-order valence-electron chi connectivity index (χ4n) is 4.12. The van der Waals surface area contributed by atoms with Crippen molar-refractivity contribution in [2.75, 3.05) is 40.4 Å². The number of pyridine rings is 1. The number of nitrogens with zero attached hydrogens (tertiary/aromatic N) is 3. The number of guanidine groups is 1. The SMILES string of the molecule is CN=C(NCc1ccc(OCC2CC2)nc1)NCC(c1ccccc1OC)N1CCCC1. The lowest BCUT2D eigenvalue weighted by Crippen LogP contribution is -2.42. The van der Waals surface area contributed by atoms with Crippen LogP contribution in [0.4, 0.5) is 0 Å². The lowest BCUT2D eigenvalue weighted by Gasteiger charge is -2.30. The number of aromatic nitrogens is 1. The Balaban J connectivity index is 1.32. The van der Waals surface area contributed by atoms with Crippen molar-refractivity contribution in [1.82, 2.24) is 20.5 Å². The Kier molecular flexibility index (Phi) is 7.82. The van der Waals surface area contributed by atoms with Gasteiger partial charge in [0.05, 0.1) is 19.8 Å². The van der Waals surface area contributed by atoms with E-state index in [4.69, 9.17) is 9.47 Å². The number of nitrogens with one attached hydrogen (secondary N) is 2. The molecule has 0 spiro atoms. The molecular weight excluding hydrogens is 402 g/mol. The average molecular weight is 438 g/mol. The molecule has 32 heavy (non-hydrogen) atoms. The number of hydrogen-bond acceptors (Lipinski definition) is 5. The van der Waals surface area contributed by atoms with Crippen molar-refractivity contribution in [2.24, 2.45) is 10.9 Å². The van der Waals surface area contributed by atoms with Gasteiger partial charge in [-0.3, -0.25) is 9.89 Å². The van der Waals surface area contributed by atoms with Crippen LogP contribution in [0.2, 0.25) is 0 Å². The first kappa shape index (κ1) is 22.4. The minimum absolute atomic E-state index is 0.233. The Morgan fingerprint density at radius 1 is 1.16 bits per heavy atom. The number of likely N-dealkylation sites (tertiary alicyclic amines) is 1. The molecular formula is C25H35N5O2. The first-order chi connectivity index (χ1) is 15.8. The van der Waals surface area contributed by atoms with E-state index in [9.17, 15) is 0 Å². The fraction of sp³-hybridized carbons (Fsp3) is 0.520. The molecule has 172 valence electrons. The fourth-order valence-corrected chi connectivity index (χ4v) is 4.12. The first-order valence-corrected chi connectivity index (χ1v) is 11.7. The van der Waals surface area contributed by atoms with Crippen LogP contribution in [0.25, 0.3) is 0 Å². The third kappa shape index (κ3) is 6.13. The molecule has 1 unspecified atom stereocenters. The third-order valence-corrected chi connectivity index (χ3v) is 6.19. The first-order valence-electron chi connectivity index (χ1n) is 11.7. The Morgan fingerprint density at radius 2 is 1.97 bits per heavy atom. The van der Waals surface area contributed by atoms with Gasteiger partial charge in [0.1, 0.15) is 5.75 Å². The number of rotatable bonds is 10. The van der Waals surface area contributed by atoms with Crippen LogP contribution >= 0.6 is 0 Å². The maximum atomic E-state index is 5.72. The van der Waals surface area contributed by atoms with Gasteiger partial charge in [0.25, 0.3) is 0 Å². The van der Waals surface area contributed by atoms with E-state index in [1.165, 1.54) is 31.2 Å². The van der Waals surface area contributed by atoms with Gasteiger partial charge in [-0.05, 0) is 56.3 Å². The standard InChI is InChI=1S/C25H35N5O2/c1-26-25(28-16-20-11-12-24(27-15-20)32-18-19-9-10-19)29-17-22(30-13-5-6-14-30)21-7-3-4-8-23(21)31-2/h3-4,7-8,11-12,15,19,22H,5-6,9-10,13-14,16-18H2,1-2H3,(H2,26,28,29). The van der Waals surface area contributed by atoms with Crippen LogP contribution in [-0.2, 0) is 6.54 Å². The highest BCUT2D eigenvalue weighted by atomic mass is 16.5. The lowest BCUT2D eigenvalue weighted by atomic mass is 10.0. The van der Waals surface area contributed by atoms with Gasteiger partial charge in [0, 0.05) is 38.0 Å². The maximum Gasteiger partial charge on any atom is 0.213 e. The number of hydrogen-bond donors (Lipinski definition) is 2. The second-order valence-electron chi connectivity index (χ2n) is 8.57. The van der Waals surface area contributed by atoms with E-state index in [2.05, 4.69) is 43.7 Å². The van der Waals surface area contributed by atoms with Crippen molar-refractivity contribution >= 4 is 5.96 Å². The second kappa shape index (κ2) is 11.2. The number of para-hydroxylation sites is 1. The quantitative estimate of drug-likeness (QED) is 0.439. The zero-order valence-corrected chi connectivity index (χ0v) is 19.2. The number of ether oxygens (including phenoxy) is 2. The summed E-state index contributed by atoms with van der Waals surface area (Å²) in [5.41, 5.74) is 2.30. The Morgan fingerprint density at radius 3 is 2.66 bits per heavy atom. The van der Waals surface area contributed by atoms with Crippen molar-refractivity contribution in [2.45, 2.75) is 38.3 Å². The smallest absolute Gasteiger partial charge is 0.213 e. The summed E-state index contributed by atoms with van der Waals surface area (Å²) in [5, 5.41) is 6.91.